The van der Waals surface area contributed by atoms with Crippen LogP contribution in [0.2, 0.25) is 0 Å². The summed E-state index contributed by atoms with van der Waals surface area (Å²) in [6, 6.07) is 9.42. The number of benzene rings is 1. The van der Waals surface area contributed by atoms with Gasteiger partial charge in [-0.05, 0) is 44.3 Å². The van der Waals surface area contributed by atoms with E-state index in [4.69, 9.17) is 0 Å². The zero-order valence-corrected chi connectivity index (χ0v) is 12.4. The molecular formula is C16H23N3O2. The number of carbonyl (C=O) groups is 2. The van der Waals surface area contributed by atoms with Gasteiger partial charge in [-0.15, -0.1) is 0 Å². The van der Waals surface area contributed by atoms with Gasteiger partial charge in [-0.1, -0.05) is 30.3 Å². The molecule has 0 radical (unpaired) electrons. The molecule has 3 N–H and O–H groups in total. The summed E-state index contributed by atoms with van der Waals surface area (Å²) in [6.07, 6.45) is 2.09. The van der Waals surface area contributed by atoms with E-state index in [1.54, 1.807) is 0 Å². The van der Waals surface area contributed by atoms with E-state index >= 15 is 0 Å². The van der Waals surface area contributed by atoms with E-state index in [1.165, 1.54) is 0 Å². The van der Waals surface area contributed by atoms with E-state index in [0.717, 1.165) is 31.5 Å². The number of hydrogen-bond donors (Lipinski definition) is 3. The van der Waals surface area contributed by atoms with Crippen LogP contribution in [0.4, 0.5) is 0 Å². The van der Waals surface area contributed by atoms with Crippen LogP contribution >= 0.6 is 0 Å². The van der Waals surface area contributed by atoms with E-state index in [-0.39, 0.29) is 6.04 Å². The Hall–Kier alpha value is -1.88. The summed E-state index contributed by atoms with van der Waals surface area (Å²) >= 11 is 0. The second-order valence-corrected chi connectivity index (χ2v) is 5.51. The molecule has 1 fully saturated rings. The smallest absolute Gasteiger partial charge is 0.309 e. The fourth-order valence-electron chi connectivity index (χ4n) is 2.49. The van der Waals surface area contributed by atoms with Crippen LogP contribution in [-0.4, -0.2) is 31.4 Å². The van der Waals surface area contributed by atoms with Crippen LogP contribution in [0.15, 0.2) is 30.3 Å². The highest BCUT2D eigenvalue weighted by molar-refractivity contribution is 6.35. The maximum atomic E-state index is 11.9. The van der Waals surface area contributed by atoms with Crippen LogP contribution in [0, 0.1) is 5.92 Å². The van der Waals surface area contributed by atoms with Crippen molar-refractivity contribution in [2.24, 2.45) is 5.92 Å². The molecule has 1 atom stereocenters. The maximum Gasteiger partial charge on any atom is 0.309 e. The molecule has 1 aliphatic heterocycles. The molecule has 1 saturated heterocycles. The van der Waals surface area contributed by atoms with Gasteiger partial charge in [0.1, 0.15) is 0 Å². The first-order valence-corrected chi connectivity index (χ1v) is 7.51. The first kappa shape index (κ1) is 15.5. The largest absolute Gasteiger partial charge is 0.348 e. The second-order valence-electron chi connectivity index (χ2n) is 5.51. The number of nitrogens with one attached hydrogen (secondary N) is 3. The van der Waals surface area contributed by atoms with Crippen LogP contribution in [0.1, 0.15) is 31.4 Å². The summed E-state index contributed by atoms with van der Waals surface area (Å²) in [7, 11) is 0. The number of rotatable bonds is 4. The van der Waals surface area contributed by atoms with Gasteiger partial charge in [0.05, 0.1) is 6.04 Å². The zero-order chi connectivity index (χ0) is 15.1. The SMILES string of the molecule is CC(NC(=O)C(=O)NCC1CCNCC1)c1ccccc1. The number of piperidine rings is 1. The molecule has 5 heteroatoms. The number of carbonyl (C=O) groups excluding carboxylic acids is 2. The summed E-state index contributed by atoms with van der Waals surface area (Å²) in [5.41, 5.74) is 0.983. The first-order valence-electron chi connectivity index (χ1n) is 7.51. The van der Waals surface area contributed by atoms with Gasteiger partial charge in [0.15, 0.2) is 0 Å². The minimum Gasteiger partial charge on any atom is -0.348 e. The number of amides is 2. The van der Waals surface area contributed by atoms with Crippen molar-refractivity contribution in [3.8, 4) is 0 Å². The Morgan fingerprint density at radius 1 is 1.19 bits per heavy atom. The average Bonchev–Trinajstić information content (AvgIpc) is 2.54. The van der Waals surface area contributed by atoms with Crippen LogP contribution in [0.25, 0.3) is 0 Å². The van der Waals surface area contributed by atoms with Crippen molar-refractivity contribution in [1.82, 2.24) is 16.0 Å². The third-order valence-corrected chi connectivity index (χ3v) is 3.86. The molecule has 0 spiro atoms. The fraction of sp³-hybridized carbons (Fsp3) is 0.500. The lowest BCUT2D eigenvalue weighted by Gasteiger charge is -2.22. The minimum atomic E-state index is -0.569. The Morgan fingerprint density at radius 2 is 1.86 bits per heavy atom. The molecule has 1 aromatic rings. The van der Waals surface area contributed by atoms with Crippen molar-refractivity contribution >= 4 is 11.8 Å². The lowest BCUT2D eigenvalue weighted by molar-refractivity contribution is -0.139. The molecule has 2 rings (SSSR count). The van der Waals surface area contributed by atoms with Gasteiger partial charge < -0.3 is 16.0 Å². The van der Waals surface area contributed by atoms with Gasteiger partial charge in [-0.3, -0.25) is 9.59 Å². The van der Waals surface area contributed by atoms with Gasteiger partial charge in [-0.25, -0.2) is 0 Å². The Bertz CT molecular complexity index is 470. The predicted molar refractivity (Wildman–Crippen MR) is 81.6 cm³/mol. The normalized spacial score (nSPS) is 17.0. The molecule has 114 valence electrons. The molecule has 1 aliphatic rings. The molecule has 0 aliphatic carbocycles. The quantitative estimate of drug-likeness (QED) is 0.724. The predicted octanol–water partition coefficient (Wildman–Crippen LogP) is 0.980. The molecule has 2 amide bonds. The van der Waals surface area contributed by atoms with Gasteiger partial charge in [0.2, 0.25) is 0 Å². The summed E-state index contributed by atoms with van der Waals surface area (Å²) in [5, 5.41) is 8.73. The Morgan fingerprint density at radius 3 is 2.52 bits per heavy atom. The Labute approximate surface area is 125 Å². The van der Waals surface area contributed by atoms with Gasteiger partial charge in [-0.2, -0.15) is 0 Å². The van der Waals surface area contributed by atoms with Crippen molar-refractivity contribution in [2.45, 2.75) is 25.8 Å². The minimum absolute atomic E-state index is 0.177. The van der Waals surface area contributed by atoms with Crippen LogP contribution in [-0.2, 0) is 9.59 Å². The third-order valence-electron chi connectivity index (χ3n) is 3.86. The highest BCUT2D eigenvalue weighted by Gasteiger charge is 2.19. The molecule has 1 aromatic carbocycles. The van der Waals surface area contributed by atoms with Crippen LogP contribution in [0.3, 0.4) is 0 Å². The van der Waals surface area contributed by atoms with Crippen LogP contribution in [0.5, 0.6) is 0 Å². The summed E-state index contributed by atoms with van der Waals surface area (Å²) in [5.74, 6) is -0.647. The molecule has 0 bridgehead atoms. The molecule has 0 saturated carbocycles. The van der Waals surface area contributed by atoms with Crippen LogP contribution < -0.4 is 16.0 Å². The topological polar surface area (TPSA) is 70.2 Å². The Kier molecular flexibility index (Phi) is 5.75. The monoisotopic (exact) mass is 289 g/mol. The van der Waals surface area contributed by atoms with Crippen molar-refractivity contribution in [1.29, 1.82) is 0 Å². The van der Waals surface area contributed by atoms with Crippen molar-refractivity contribution in [3.05, 3.63) is 35.9 Å². The van der Waals surface area contributed by atoms with Crippen molar-refractivity contribution in [2.75, 3.05) is 19.6 Å². The van der Waals surface area contributed by atoms with E-state index < -0.39 is 11.8 Å². The molecule has 1 heterocycles. The van der Waals surface area contributed by atoms with Gasteiger partial charge in [0, 0.05) is 6.54 Å². The average molecular weight is 289 g/mol. The van der Waals surface area contributed by atoms with Gasteiger partial charge >= 0.3 is 11.8 Å². The number of hydrogen-bond acceptors (Lipinski definition) is 3. The third kappa shape index (κ3) is 4.86. The van der Waals surface area contributed by atoms with E-state index in [9.17, 15) is 9.59 Å². The highest BCUT2D eigenvalue weighted by Crippen LogP contribution is 2.11. The molecule has 0 aromatic heterocycles. The zero-order valence-electron chi connectivity index (χ0n) is 12.4. The molecule has 5 nitrogen and oxygen atoms in total. The highest BCUT2D eigenvalue weighted by atomic mass is 16.2. The summed E-state index contributed by atoms with van der Waals surface area (Å²) in [4.78, 5) is 23.7. The van der Waals surface area contributed by atoms with Crippen molar-refractivity contribution < 1.29 is 9.59 Å². The lowest BCUT2D eigenvalue weighted by Crippen LogP contribution is -2.43. The lowest BCUT2D eigenvalue weighted by atomic mass is 9.98. The van der Waals surface area contributed by atoms with Crippen molar-refractivity contribution in [3.63, 3.8) is 0 Å². The first-order chi connectivity index (χ1) is 10.2. The molecular weight excluding hydrogens is 266 g/mol. The summed E-state index contributed by atoms with van der Waals surface area (Å²) in [6.45, 7) is 4.41. The fourth-order valence-corrected chi connectivity index (χ4v) is 2.49. The molecule has 21 heavy (non-hydrogen) atoms. The molecule has 1 unspecified atom stereocenters. The summed E-state index contributed by atoms with van der Waals surface area (Å²) < 4.78 is 0. The maximum absolute atomic E-state index is 11.9. The van der Waals surface area contributed by atoms with E-state index in [0.29, 0.717) is 12.5 Å². The van der Waals surface area contributed by atoms with E-state index in [1.807, 2.05) is 37.3 Å². The van der Waals surface area contributed by atoms with E-state index in [2.05, 4.69) is 16.0 Å². The standard InChI is InChI=1S/C16H23N3O2/c1-12(14-5-3-2-4-6-14)19-16(21)15(20)18-11-13-7-9-17-10-8-13/h2-6,12-13,17H,7-11H2,1H3,(H,18,20)(H,19,21). The second kappa shape index (κ2) is 7.78. The van der Waals surface area contributed by atoms with Gasteiger partial charge in [0.25, 0.3) is 0 Å². The Balaban J connectivity index is 1.75.